The number of alkyl carbamates (subject to hydrolysis) is 1. The molecule has 39 heavy (non-hydrogen) atoms. The van der Waals surface area contributed by atoms with Gasteiger partial charge in [-0.15, -0.1) is 0 Å². The molecule has 1 aromatic rings. The Bertz CT molecular complexity index is 1020. The quantitative estimate of drug-likeness (QED) is 0.436. The largest absolute Gasteiger partial charge is 0.444 e. The number of rotatable bonds is 8. The van der Waals surface area contributed by atoms with E-state index in [4.69, 9.17) is 9.47 Å². The van der Waals surface area contributed by atoms with Crippen molar-refractivity contribution in [1.82, 2.24) is 20.5 Å². The number of carbonyl (C=O) groups is 3. The Balaban J connectivity index is 1.79. The number of urea groups is 1. The first kappa shape index (κ1) is 30.5. The number of carbonyl (C=O) groups excluding carboxylic acids is 3. The molecule has 1 aromatic heterocycles. The highest BCUT2D eigenvalue weighted by molar-refractivity contribution is 5.96. The lowest BCUT2D eigenvalue weighted by Gasteiger charge is -2.33. The Morgan fingerprint density at radius 1 is 1.21 bits per heavy atom. The smallest absolute Gasteiger partial charge is 0.410 e. The first-order valence-corrected chi connectivity index (χ1v) is 13.1. The number of nitrogens with one attached hydrogen (secondary N) is 3. The van der Waals surface area contributed by atoms with Gasteiger partial charge in [0.05, 0.1) is 19.2 Å². The molecule has 4 amide bonds. The number of halogens is 3. The molecule has 0 aromatic carbocycles. The number of amides is 4. The highest BCUT2D eigenvalue weighted by Crippen LogP contribution is 2.32. The molecule has 2 heterocycles. The fourth-order valence-corrected chi connectivity index (χ4v) is 4.91. The maximum absolute atomic E-state index is 13.4. The molecule has 0 radical (unpaired) electrons. The summed E-state index contributed by atoms with van der Waals surface area (Å²) in [5.41, 5.74) is -0.311. The lowest BCUT2D eigenvalue weighted by molar-refractivity contribution is -0.150. The van der Waals surface area contributed by atoms with Crippen LogP contribution in [-0.4, -0.2) is 72.0 Å². The average molecular weight is 558 g/mol. The predicted octanol–water partition coefficient (Wildman–Crippen LogP) is 4.38. The van der Waals surface area contributed by atoms with E-state index in [-0.39, 0.29) is 18.3 Å². The van der Waals surface area contributed by atoms with Gasteiger partial charge in [0.15, 0.2) is 0 Å². The summed E-state index contributed by atoms with van der Waals surface area (Å²) in [7, 11) is 1.38. The summed E-state index contributed by atoms with van der Waals surface area (Å²) < 4.78 is 50.3. The fraction of sp³-hybridized carbons (Fsp3) is 0.692. The molecule has 13 heteroatoms. The molecule has 0 bridgehead atoms. The van der Waals surface area contributed by atoms with Crippen LogP contribution in [0, 0.1) is 11.8 Å². The van der Waals surface area contributed by atoms with Gasteiger partial charge in [0.25, 0.3) is 0 Å². The Labute approximate surface area is 226 Å². The van der Waals surface area contributed by atoms with Gasteiger partial charge in [-0.2, -0.15) is 13.2 Å². The van der Waals surface area contributed by atoms with E-state index >= 15 is 0 Å². The van der Waals surface area contributed by atoms with Gasteiger partial charge in [0.1, 0.15) is 23.5 Å². The Kier molecular flexibility index (Phi) is 9.68. The molecule has 3 N–H and O–H groups in total. The molecule has 0 unspecified atom stereocenters. The number of methoxy groups -OCH3 is 1. The lowest BCUT2D eigenvalue weighted by atomic mass is 9.79. The summed E-state index contributed by atoms with van der Waals surface area (Å²) in [6.07, 6.45) is -0.552. The van der Waals surface area contributed by atoms with E-state index in [1.807, 2.05) is 5.32 Å². The molecule has 1 saturated carbocycles. The summed E-state index contributed by atoms with van der Waals surface area (Å²) in [4.78, 5) is 43.6. The van der Waals surface area contributed by atoms with E-state index in [0.29, 0.717) is 11.5 Å². The number of anilines is 1. The first-order chi connectivity index (χ1) is 18.2. The highest BCUT2D eigenvalue weighted by Gasteiger charge is 2.48. The van der Waals surface area contributed by atoms with Crippen LogP contribution in [0.15, 0.2) is 18.3 Å². The SMILES string of the molecule is COC[C@@H](c1ccnc(NC(=O)[C@@H](NC(=O)OC(C)(C)C)C2CCC(C)CC2)c1)N1C[C@@H](C(F)(F)F)NC1=O. The summed E-state index contributed by atoms with van der Waals surface area (Å²) in [6.45, 7) is 6.69. The average Bonchev–Trinajstić information content (AvgIpc) is 3.22. The minimum Gasteiger partial charge on any atom is -0.444 e. The van der Waals surface area contributed by atoms with Crippen LogP contribution in [-0.2, 0) is 14.3 Å². The number of hydrogen-bond donors (Lipinski definition) is 3. The van der Waals surface area contributed by atoms with Crippen molar-refractivity contribution in [3.05, 3.63) is 23.9 Å². The molecule has 3 rings (SSSR count). The fourth-order valence-electron chi connectivity index (χ4n) is 4.91. The molecule has 10 nitrogen and oxygen atoms in total. The molecular weight excluding hydrogens is 519 g/mol. The van der Waals surface area contributed by atoms with Crippen molar-refractivity contribution < 1.29 is 37.0 Å². The number of alkyl halides is 3. The molecule has 0 spiro atoms. The van der Waals surface area contributed by atoms with Crippen LogP contribution in [0.1, 0.15) is 65.0 Å². The van der Waals surface area contributed by atoms with Crippen LogP contribution in [0.2, 0.25) is 0 Å². The van der Waals surface area contributed by atoms with Crippen LogP contribution in [0.3, 0.4) is 0 Å². The van der Waals surface area contributed by atoms with E-state index in [0.717, 1.165) is 30.6 Å². The van der Waals surface area contributed by atoms with Crippen LogP contribution < -0.4 is 16.0 Å². The van der Waals surface area contributed by atoms with Crippen molar-refractivity contribution in [2.24, 2.45) is 11.8 Å². The zero-order valence-electron chi connectivity index (χ0n) is 22.9. The first-order valence-electron chi connectivity index (χ1n) is 13.1. The minimum atomic E-state index is -4.59. The Morgan fingerprint density at radius 2 is 1.87 bits per heavy atom. The van der Waals surface area contributed by atoms with E-state index in [1.54, 1.807) is 26.8 Å². The van der Waals surface area contributed by atoms with Crippen molar-refractivity contribution in [1.29, 1.82) is 0 Å². The second kappa shape index (κ2) is 12.4. The van der Waals surface area contributed by atoms with E-state index in [9.17, 15) is 27.6 Å². The Morgan fingerprint density at radius 3 is 2.44 bits per heavy atom. The molecule has 3 atom stereocenters. The summed E-state index contributed by atoms with van der Waals surface area (Å²) in [6, 6.07) is -1.55. The molecule has 218 valence electrons. The van der Waals surface area contributed by atoms with E-state index in [1.165, 1.54) is 19.4 Å². The maximum atomic E-state index is 13.4. The zero-order valence-corrected chi connectivity index (χ0v) is 22.9. The van der Waals surface area contributed by atoms with Gasteiger partial charge >= 0.3 is 18.3 Å². The number of pyridine rings is 1. The van der Waals surface area contributed by atoms with Crippen LogP contribution in [0.4, 0.5) is 28.6 Å². The molecule has 1 aliphatic heterocycles. The number of aromatic nitrogens is 1. The standard InChI is InChI=1S/C26H38F3N5O5/c1-15-6-8-16(9-7-15)21(33-24(37)39-25(2,3)4)22(35)32-20-12-17(10-11-30-20)18(14-38-5)34-13-19(26(27,28)29)31-23(34)36/h10-12,15-16,18-19,21H,6-9,13-14H2,1-5H3,(H,31,36)(H,33,37)(H,30,32,35)/t15?,16?,18-,19-,21-/m0/s1. The third-order valence-corrected chi connectivity index (χ3v) is 6.94. The van der Waals surface area contributed by atoms with Gasteiger partial charge in [-0.25, -0.2) is 14.6 Å². The van der Waals surface area contributed by atoms with Crippen molar-refractivity contribution in [2.45, 2.75) is 83.3 Å². The van der Waals surface area contributed by atoms with E-state index in [2.05, 4.69) is 22.5 Å². The van der Waals surface area contributed by atoms with Crippen molar-refractivity contribution in [3.63, 3.8) is 0 Å². The molecular formula is C26H38F3N5O5. The normalized spacial score (nSPS) is 23.5. The van der Waals surface area contributed by atoms with Gasteiger partial charge in [-0.05, 0) is 63.1 Å². The van der Waals surface area contributed by atoms with Crippen molar-refractivity contribution in [2.75, 3.05) is 25.6 Å². The zero-order chi connectivity index (χ0) is 29.0. The maximum Gasteiger partial charge on any atom is 0.410 e. The van der Waals surface area contributed by atoms with Crippen molar-refractivity contribution in [3.8, 4) is 0 Å². The Hall–Kier alpha value is -3.09. The lowest BCUT2D eigenvalue weighted by Crippen LogP contribution is -2.50. The summed E-state index contributed by atoms with van der Waals surface area (Å²) >= 11 is 0. The van der Waals surface area contributed by atoms with E-state index < -0.39 is 54.5 Å². The van der Waals surface area contributed by atoms with Gasteiger partial charge < -0.3 is 30.3 Å². The highest BCUT2D eigenvalue weighted by atomic mass is 19.4. The van der Waals surface area contributed by atoms with Gasteiger partial charge in [0, 0.05) is 13.3 Å². The second-order valence-corrected chi connectivity index (χ2v) is 11.3. The monoisotopic (exact) mass is 557 g/mol. The topological polar surface area (TPSA) is 122 Å². The summed E-state index contributed by atoms with van der Waals surface area (Å²) in [5, 5.41) is 7.40. The molecule has 2 aliphatic rings. The van der Waals surface area contributed by atoms with Crippen molar-refractivity contribution >= 4 is 23.8 Å². The van der Waals surface area contributed by atoms with Crippen LogP contribution in [0.25, 0.3) is 0 Å². The summed E-state index contributed by atoms with van der Waals surface area (Å²) in [5.74, 6) is 0.0724. The van der Waals surface area contributed by atoms with Gasteiger partial charge in [0.2, 0.25) is 5.91 Å². The third kappa shape index (κ3) is 8.45. The minimum absolute atomic E-state index is 0.0710. The molecule has 2 fully saturated rings. The number of hydrogen-bond acceptors (Lipinski definition) is 6. The number of ether oxygens (including phenoxy) is 2. The van der Waals surface area contributed by atoms with Gasteiger partial charge in [-0.1, -0.05) is 19.8 Å². The second-order valence-electron chi connectivity index (χ2n) is 11.3. The molecule has 1 aliphatic carbocycles. The van der Waals surface area contributed by atoms with Crippen LogP contribution in [0.5, 0.6) is 0 Å². The van der Waals surface area contributed by atoms with Gasteiger partial charge in [-0.3, -0.25) is 4.79 Å². The van der Waals surface area contributed by atoms with Crippen LogP contribution >= 0.6 is 0 Å². The number of nitrogens with zero attached hydrogens (tertiary/aromatic N) is 2. The predicted molar refractivity (Wildman–Crippen MR) is 137 cm³/mol. The third-order valence-electron chi connectivity index (χ3n) is 6.94. The molecule has 1 saturated heterocycles.